The van der Waals surface area contributed by atoms with Crippen LogP contribution in [0.5, 0.6) is 0 Å². The van der Waals surface area contributed by atoms with Crippen LogP contribution in [-0.2, 0) is 29.2 Å². The number of fused-ring (bicyclic) bond motifs is 2. The molecular weight excluding hydrogens is 396 g/mol. The number of aryl methyl sites for hydroxylation is 1. The normalized spacial score (nSPS) is 22.0. The molecule has 1 N–H and O–H groups in total. The number of likely N-dealkylation sites (N-methyl/N-ethyl adjacent to an activating group) is 1. The third-order valence-electron chi connectivity index (χ3n) is 5.71. The second kappa shape index (κ2) is 11.3. The number of aliphatic hydroxyl groups is 1. The van der Waals surface area contributed by atoms with E-state index in [1.165, 1.54) is 0 Å². The summed E-state index contributed by atoms with van der Waals surface area (Å²) in [5, 5.41) is 18.1. The van der Waals surface area contributed by atoms with Gasteiger partial charge in [0.25, 0.3) is 0 Å². The lowest BCUT2D eigenvalue weighted by Gasteiger charge is -2.35. The number of pyridine rings is 1. The molecule has 2 aromatic rings. The fourth-order valence-electron chi connectivity index (χ4n) is 3.87. The average Bonchev–Trinajstić information content (AvgIpc) is 3.22. The van der Waals surface area contributed by atoms with Crippen LogP contribution in [0.2, 0.25) is 0 Å². The Labute approximate surface area is 184 Å². The van der Waals surface area contributed by atoms with Gasteiger partial charge in [-0.3, -0.25) is 19.4 Å². The fraction of sp³-hybridized carbons (Fsp3) is 0.636. The van der Waals surface area contributed by atoms with Crippen molar-refractivity contribution in [1.29, 1.82) is 0 Å². The van der Waals surface area contributed by atoms with E-state index >= 15 is 0 Å². The zero-order chi connectivity index (χ0) is 22.2. The van der Waals surface area contributed by atoms with Gasteiger partial charge in [-0.15, -0.1) is 5.10 Å². The first-order chi connectivity index (χ1) is 15.0. The zero-order valence-electron chi connectivity index (χ0n) is 18.7. The Balaban J connectivity index is 1.76. The molecule has 0 radical (unpaired) electrons. The lowest BCUT2D eigenvalue weighted by atomic mass is 10.0. The highest BCUT2D eigenvalue weighted by atomic mass is 16.5. The van der Waals surface area contributed by atoms with E-state index in [0.29, 0.717) is 39.1 Å². The van der Waals surface area contributed by atoms with Crippen LogP contribution in [0.3, 0.4) is 0 Å². The van der Waals surface area contributed by atoms with Gasteiger partial charge in [-0.25, -0.2) is 0 Å². The van der Waals surface area contributed by atoms with E-state index in [0.717, 1.165) is 17.8 Å². The van der Waals surface area contributed by atoms with Gasteiger partial charge >= 0.3 is 0 Å². The van der Waals surface area contributed by atoms with Crippen molar-refractivity contribution in [3.05, 3.63) is 42.0 Å². The highest BCUT2D eigenvalue weighted by Gasteiger charge is 2.28. The summed E-state index contributed by atoms with van der Waals surface area (Å²) in [4.78, 5) is 21.1. The molecule has 9 nitrogen and oxygen atoms in total. The number of ether oxygens (including phenoxy) is 1. The summed E-state index contributed by atoms with van der Waals surface area (Å²) in [5.41, 5.74) is 1.93. The first kappa shape index (κ1) is 23.3. The average molecular weight is 431 g/mol. The van der Waals surface area contributed by atoms with Gasteiger partial charge in [0.2, 0.25) is 5.91 Å². The number of nitrogens with zero attached hydrogens (tertiary/aromatic N) is 6. The molecule has 2 bridgehead atoms. The molecular formula is C22H34N6O3. The van der Waals surface area contributed by atoms with Crippen LogP contribution in [0.4, 0.5) is 0 Å². The topological polar surface area (TPSA) is 96.6 Å². The highest BCUT2D eigenvalue weighted by Crippen LogP contribution is 2.18. The number of amides is 1. The molecule has 1 amide bonds. The largest absolute Gasteiger partial charge is 0.394 e. The van der Waals surface area contributed by atoms with Gasteiger partial charge < -0.3 is 14.7 Å². The summed E-state index contributed by atoms with van der Waals surface area (Å²) in [5.74, 6) is 0.126. The number of hydrogen-bond acceptors (Lipinski definition) is 7. The van der Waals surface area contributed by atoms with Crippen LogP contribution in [-0.4, -0.2) is 79.7 Å². The maximum atomic E-state index is 12.9. The minimum atomic E-state index is -0.230. The minimum absolute atomic E-state index is 0.0513. The smallest absolute Gasteiger partial charge is 0.222 e. The molecule has 0 aromatic carbocycles. The number of carbonyl (C=O) groups excluding carboxylic acids is 1. The van der Waals surface area contributed by atoms with Gasteiger partial charge in [-0.05, 0) is 32.0 Å². The highest BCUT2D eigenvalue weighted by molar-refractivity contribution is 5.76. The summed E-state index contributed by atoms with van der Waals surface area (Å²) in [6.45, 7) is 6.92. The number of aliphatic hydroxyl groups excluding tert-OH is 1. The number of rotatable bonds is 6. The van der Waals surface area contributed by atoms with Crippen molar-refractivity contribution < 1.29 is 14.6 Å². The fourth-order valence-corrected chi connectivity index (χ4v) is 3.87. The monoisotopic (exact) mass is 430 g/mol. The molecule has 3 heterocycles. The summed E-state index contributed by atoms with van der Waals surface area (Å²) >= 11 is 0. The molecule has 0 saturated heterocycles. The van der Waals surface area contributed by atoms with Crippen LogP contribution in [0, 0.1) is 5.92 Å². The molecule has 0 aliphatic carbocycles. The first-order valence-corrected chi connectivity index (χ1v) is 10.9. The summed E-state index contributed by atoms with van der Waals surface area (Å²) < 4.78 is 8.06. The molecule has 0 unspecified atom stereocenters. The molecule has 2 aromatic heterocycles. The Bertz CT molecular complexity index is 815. The summed E-state index contributed by atoms with van der Waals surface area (Å²) in [7, 11) is 2.06. The molecule has 31 heavy (non-hydrogen) atoms. The Morgan fingerprint density at radius 1 is 1.42 bits per heavy atom. The van der Waals surface area contributed by atoms with Gasteiger partial charge in [0, 0.05) is 50.9 Å². The second-order valence-corrected chi connectivity index (χ2v) is 8.54. The number of carbonyl (C=O) groups is 1. The molecule has 0 fully saturated rings. The van der Waals surface area contributed by atoms with E-state index in [1.54, 1.807) is 15.8 Å². The molecule has 9 heteroatoms. The SMILES string of the molecule is C[C@@H]1CN([C@H](C)CO)C(=O)CCCn2cc(nn2)CO[C@H]1CN(C)Cc1cccnc1. The quantitative estimate of drug-likeness (QED) is 0.738. The molecule has 3 atom stereocenters. The van der Waals surface area contributed by atoms with Crippen molar-refractivity contribution in [2.75, 3.05) is 26.7 Å². The van der Waals surface area contributed by atoms with Crippen LogP contribution in [0.1, 0.15) is 37.9 Å². The molecule has 0 saturated carbocycles. The molecule has 3 rings (SSSR count). The lowest BCUT2D eigenvalue weighted by molar-refractivity contribution is -0.136. The molecule has 170 valence electrons. The van der Waals surface area contributed by atoms with Crippen molar-refractivity contribution in [3.8, 4) is 0 Å². The van der Waals surface area contributed by atoms with Crippen molar-refractivity contribution in [2.45, 2.75) is 58.5 Å². The van der Waals surface area contributed by atoms with Crippen molar-refractivity contribution in [2.24, 2.45) is 5.92 Å². The summed E-state index contributed by atoms with van der Waals surface area (Å²) in [6.07, 6.45) is 6.51. The number of hydrogen-bond donors (Lipinski definition) is 1. The Kier molecular flexibility index (Phi) is 8.51. The van der Waals surface area contributed by atoms with Gasteiger partial charge in [-0.1, -0.05) is 18.2 Å². The van der Waals surface area contributed by atoms with E-state index in [9.17, 15) is 9.90 Å². The number of aromatic nitrogens is 4. The maximum Gasteiger partial charge on any atom is 0.222 e. The second-order valence-electron chi connectivity index (χ2n) is 8.54. The Hall–Kier alpha value is -2.36. The summed E-state index contributed by atoms with van der Waals surface area (Å²) in [6, 6.07) is 3.76. The Morgan fingerprint density at radius 2 is 2.26 bits per heavy atom. The Morgan fingerprint density at radius 3 is 3.00 bits per heavy atom. The van der Waals surface area contributed by atoms with Crippen LogP contribution >= 0.6 is 0 Å². The van der Waals surface area contributed by atoms with Crippen molar-refractivity contribution in [3.63, 3.8) is 0 Å². The van der Waals surface area contributed by atoms with Gasteiger partial charge in [-0.2, -0.15) is 0 Å². The predicted molar refractivity (Wildman–Crippen MR) is 116 cm³/mol. The van der Waals surface area contributed by atoms with Gasteiger partial charge in [0.05, 0.1) is 31.6 Å². The van der Waals surface area contributed by atoms with Crippen molar-refractivity contribution in [1.82, 2.24) is 29.8 Å². The van der Waals surface area contributed by atoms with E-state index in [4.69, 9.17) is 4.74 Å². The lowest BCUT2D eigenvalue weighted by Crippen LogP contribution is -2.47. The van der Waals surface area contributed by atoms with Gasteiger partial charge in [0.1, 0.15) is 5.69 Å². The maximum absolute atomic E-state index is 12.9. The predicted octanol–water partition coefficient (Wildman–Crippen LogP) is 1.33. The van der Waals surface area contributed by atoms with E-state index in [-0.39, 0.29) is 30.6 Å². The van der Waals surface area contributed by atoms with Crippen LogP contribution in [0.25, 0.3) is 0 Å². The first-order valence-electron chi connectivity index (χ1n) is 10.9. The molecule has 1 aliphatic heterocycles. The van der Waals surface area contributed by atoms with E-state index in [2.05, 4.69) is 40.2 Å². The standard InChI is InChI=1S/C22H34N6O3/c1-17-11-28(18(2)15-29)22(30)7-5-9-27-13-20(24-25-27)16-31-21(17)14-26(3)12-19-6-4-8-23-10-19/h4,6,8,10,13,17-18,21,29H,5,7,9,11-12,14-16H2,1-3H3/t17-,18-,21+/m1/s1. The van der Waals surface area contributed by atoms with Crippen molar-refractivity contribution >= 4 is 5.91 Å². The third kappa shape index (κ3) is 6.81. The van der Waals surface area contributed by atoms with E-state index in [1.807, 2.05) is 25.4 Å². The zero-order valence-corrected chi connectivity index (χ0v) is 18.7. The van der Waals surface area contributed by atoms with Gasteiger partial charge in [0.15, 0.2) is 0 Å². The third-order valence-corrected chi connectivity index (χ3v) is 5.71. The minimum Gasteiger partial charge on any atom is -0.394 e. The van der Waals surface area contributed by atoms with Crippen LogP contribution < -0.4 is 0 Å². The van der Waals surface area contributed by atoms with Crippen LogP contribution in [0.15, 0.2) is 30.7 Å². The molecule has 0 spiro atoms. The van der Waals surface area contributed by atoms with E-state index < -0.39 is 0 Å². The molecule has 1 aliphatic rings.